The quantitative estimate of drug-likeness (QED) is 0.803. The van der Waals surface area contributed by atoms with Gasteiger partial charge in [0.2, 0.25) is 0 Å². The molecule has 0 amide bonds. The Kier molecular flexibility index (Phi) is 3.43. The lowest BCUT2D eigenvalue weighted by Crippen LogP contribution is -2.05. The Morgan fingerprint density at radius 3 is 2.85 bits per heavy atom. The zero-order valence-corrected chi connectivity index (χ0v) is 11.7. The molecule has 0 bridgehead atoms. The Labute approximate surface area is 121 Å². The summed E-state index contributed by atoms with van der Waals surface area (Å²) in [5.41, 5.74) is 2.90. The Morgan fingerprint density at radius 2 is 2.15 bits per heavy atom. The smallest absolute Gasteiger partial charge is 0.106 e. The Balaban J connectivity index is 1.88. The number of benzene rings is 1. The van der Waals surface area contributed by atoms with Crippen molar-refractivity contribution in [2.45, 2.75) is 6.54 Å². The Morgan fingerprint density at radius 1 is 1.25 bits per heavy atom. The molecule has 5 nitrogen and oxygen atoms in total. The Hall–Kier alpha value is -2.27. The van der Waals surface area contributed by atoms with Gasteiger partial charge in [0.1, 0.15) is 5.69 Å². The number of aromatic nitrogens is 4. The fourth-order valence-corrected chi connectivity index (χ4v) is 2.31. The number of hydrogen-bond donors (Lipinski definition) is 1. The number of nitrogens with zero attached hydrogens (tertiary/aromatic N) is 4. The highest BCUT2D eigenvalue weighted by Crippen LogP contribution is 2.28. The number of para-hydroxylation sites is 1. The van der Waals surface area contributed by atoms with Crippen molar-refractivity contribution in [1.82, 2.24) is 19.6 Å². The van der Waals surface area contributed by atoms with E-state index in [0.717, 1.165) is 16.9 Å². The van der Waals surface area contributed by atoms with Gasteiger partial charge in [-0.15, -0.1) is 0 Å². The van der Waals surface area contributed by atoms with Gasteiger partial charge in [0.25, 0.3) is 0 Å². The highest BCUT2D eigenvalue weighted by molar-refractivity contribution is 6.33. The normalized spacial score (nSPS) is 10.7. The lowest BCUT2D eigenvalue weighted by molar-refractivity contribution is 0.767. The van der Waals surface area contributed by atoms with Crippen LogP contribution in [0.1, 0.15) is 5.56 Å². The highest BCUT2D eigenvalue weighted by Gasteiger charge is 2.09. The number of aryl methyl sites for hydroxylation is 1. The van der Waals surface area contributed by atoms with Gasteiger partial charge in [-0.05, 0) is 18.2 Å². The minimum absolute atomic E-state index is 0.657. The van der Waals surface area contributed by atoms with E-state index in [0.29, 0.717) is 11.6 Å². The molecular weight excluding hydrogens is 274 g/mol. The van der Waals surface area contributed by atoms with Crippen LogP contribution in [0.2, 0.25) is 5.02 Å². The minimum atomic E-state index is 0.657. The summed E-state index contributed by atoms with van der Waals surface area (Å²) in [5.74, 6) is 0. The van der Waals surface area contributed by atoms with Crippen molar-refractivity contribution >= 4 is 17.3 Å². The van der Waals surface area contributed by atoms with Gasteiger partial charge >= 0.3 is 0 Å². The monoisotopic (exact) mass is 287 g/mol. The molecule has 0 atom stereocenters. The van der Waals surface area contributed by atoms with Crippen molar-refractivity contribution in [3.63, 3.8) is 0 Å². The second kappa shape index (κ2) is 5.38. The van der Waals surface area contributed by atoms with E-state index >= 15 is 0 Å². The van der Waals surface area contributed by atoms with Gasteiger partial charge < -0.3 is 5.32 Å². The number of halogens is 1. The molecule has 1 N–H and O–H groups in total. The van der Waals surface area contributed by atoms with Gasteiger partial charge in [-0.2, -0.15) is 10.2 Å². The van der Waals surface area contributed by atoms with Crippen LogP contribution in [0, 0.1) is 0 Å². The average Bonchev–Trinajstić information content (AvgIpc) is 3.08. The van der Waals surface area contributed by atoms with Crippen LogP contribution >= 0.6 is 11.6 Å². The first kappa shape index (κ1) is 12.7. The molecule has 0 saturated carbocycles. The molecule has 3 rings (SSSR count). The molecule has 20 heavy (non-hydrogen) atoms. The van der Waals surface area contributed by atoms with E-state index in [-0.39, 0.29) is 0 Å². The SMILES string of the molecule is Cn1cc(CNc2cccc(Cl)c2-n2cccn2)cn1. The molecule has 1 aromatic carbocycles. The first-order valence-corrected chi connectivity index (χ1v) is 6.62. The molecule has 0 unspecified atom stereocenters. The molecular formula is C14H14ClN5. The summed E-state index contributed by atoms with van der Waals surface area (Å²) in [6, 6.07) is 7.63. The summed E-state index contributed by atoms with van der Waals surface area (Å²) >= 11 is 6.29. The number of nitrogens with one attached hydrogen (secondary N) is 1. The van der Waals surface area contributed by atoms with Crippen molar-refractivity contribution in [2.75, 3.05) is 5.32 Å². The van der Waals surface area contributed by atoms with E-state index in [2.05, 4.69) is 15.5 Å². The van der Waals surface area contributed by atoms with Crippen molar-refractivity contribution in [3.8, 4) is 5.69 Å². The van der Waals surface area contributed by atoms with Crippen molar-refractivity contribution in [2.24, 2.45) is 7.05 Å². The standard InChI is InChI=1S/C14H14ClN5/c1-19-10-11(9-18-19)8-16-13-5-2-4-12(15)14(13)20-7-3-6-17-20/h2-7,9-10,16H,8H2,1H3. The number of hydrogen-bond acceptors (Lipinski definition) is 3. The molecule has 0 aliphatic rings. The molecule has 3 aromatic rings. The lowest BCUT2D eigenvalue weighted by Gasteiger charge is -2.13. The third kappa shape index (κ3) is 2.53. The van der Waals surface area contributed by atoms with Crippen LogP contribution in [0.15, 0.2) is 49.1 Å². The fourth-order valence-electron chi connectivity index (χ4n) is 2.05. The predicted octanol–water partition coefficient (Wildman–Crippen LogP) is 2.87. The maximum absolute atomic E-state index is 6.29. The predicted molar refractivity (Wildman–Crippen MR) is 79.1 cm³/mol. The molecule has 0 aliphatic carbocycles. The first-order chi connectivity index (χ1) is 9.74. The third-order valence-corrected chi connectivity index (χ3v) is 3.27. The van der Waals surface area contributed by atoms with Crippen LogP contribution in [-0.4, -0.2) is 19.6 Å². The van der Waals surface area contributed by atoms with E-state index in [1.54, 1.807) is 15.6 Å². The van der Waals surface area contributed by atoms with Crippen LogP contribution in [0.3, 0.4) is 0 Å². The third-order valence-electron chi connectivity index (χ3n) is 2.96. The maximum Gasteiger partial charge on any atom is 0.106 e. The van der Waals surface area contributed by atoms with Crippen molar-refractivity contribution in [1.29, 1.82) is 0 Å². The van der Waals surface area contributed by atoms with E-state index in [4.69, 9.17) is 11.6 Å². The van der Waals surface area contributed by atoms with E-state index in [1.165, 1.54) is 0 Å². The van der Waals surface area contributed by atoms with Gasteiger partial charge in [0.05, 0.1) is 16.9 Å². The summed E-state index contributed by atoms with van der Waals surface area (Å²) in [7, 11) is 1.90. The summed E-state index contributed by atoms with van der Waals surface area (Å²) in [6.07, 6.45) is 7.42. The van der Waals surface area contributed by atoms with Crippen LogP contribution < -0.4 is 5.32 Å². The summed E-state index contributed by atoms with van der Waals surface area (Å²) in [4.78, 5) is 0. The Bertz CT molecular complexity index is 702. The van der Waals surface area contributed by atoms with Gasteiger partial charge in [-0.3, -0.25) is 4.68 Å². The van der Waals surface area contributed by atoms with Crippen molar-refractivity contribution in [3.05, 3.63) is 59.6 Å². The lowest BCUT2D eigenvalue weighted by atomic mass is 10.2. The molecule has 0 fully saturated rings. The van der Waals surface area contributed by atoms with E-state index < -0.39 is 0 Å². The summed E-state index contributed by atoms with van der Waals surface area (Å²) in [6.45, 7) is 0.683. The molecule has 102 valence electrons. The zero-order chi connectivity index (χ0) is 13.9. The molecule has 0 aliphatic heterocycles. The summed E-state index contributed by atoms with van der Waals surface area (Å²) in [5, 5.41) is 12.4. The molecule has 0 saturated heterocycles. The van der Waals surface area contributed by atoms with Gasteiger partial charge in [0, 0.05) is 37.7 Å². The van der Waals surface area contributed by atoms with E-state index in [1.807, 2.05) is 49.9 Å². The van der Waals surface area contributed by atoms with Crippen LogP contribution in [0.25, 0.3) is 5.69 Å². The minimum Gasteiger partial charge on any atom is -0.379 e. The summed E-state index contributed by atoms with van der Waals surface area (Å²) < 4.78 is 3.54. The topological polar surface area (TPSA) is 47.7 Å². The highest BCUT2D eigenvalue weighted by atomic mass is 35.5. The molecule has 0 radical (unpaired) electrons. The second-order valence-corrected chi connectivity index (χ2v) is 4.87. The average molecular weight is 288 g/mol. The molecule has 2 aromatic heterocycles. The van der Waals surface area contributed by atoms with E-state index in [9.17, 15) is 0 Å². The van der Waals surface area contributed by atoms with Crippen LogP contribution in [0.4, 0.5) is 5.69 Å². The van der Waals surface area contributed by atoms with Crippen LogP contribution in [0.5, 0.6) is 0 Å². The van der Waals surface area contributed by atoms with Crippen LogP contribution in [-0.2, 0) is 13.6 Å². The second-order valence-electron chi connectivity index (χ2n) is 4.46. The van der Waals surface area contributed by atoms with Gasteiger partial charge in [0.15, 0.2) is 0 Å². The molecule has 0 spiro atoms. The van der Waals surface area contributed by atoms with Crippen molar-refractivity contribution < 1.29 is 0 Å². The first-order valence-electron chi connectivity index (χ1n) is 6.24. The fraction of sp³-hybridized carbons (Fsp3) is 0.143. The number of rotatable bonds is 4. The van der Waals surface area contributed by atoms with Gasteiger partial charge in [-0.1, -0.05) is 17.7 Å². The maximum atomic E-state index is 6.29. The number of anilines is 1. The zero-order valence-electron chi connectivity index (χ0n) is 11.0. The molecule has 2 heterocycles. The largest absolute Gasteiger partial charge is 0.379 e. The van der Waals surface area contributed by atoms with Gasteiger partial charge in [-0.25, -0.2) is 4.68 Å². The molecule has 6 heteroatoms.